The molecule has 2 heterocycles. The minimum absolute atomic E-state index is 0.00956. The summed E-state index contributed by atoms with van der Waals surface area (Å²) in [5, 5.41) is 13.6. The average molecular weight is 383 g/mol. The summed E-state index contributed by atoms with van der Waals surface area (Å²) in [5.74, 6) is 0.684. The minimum atomic E-state index is -0.587. The number of thioether (sulfide) groups is 1. The predicted molar refractivity (Wildman–Crippen MR) is 102 cm³/mol. The molecule has 0 bridgehead atoms. The molecule has 27 heavy (non-hydrogen) atoms. The topological polar surface area (TPSA) is 102 Å². The maximum absolute atomic E-state index is 12.0. The zero-order chi connectivity index (χ0) is 19.1. The van der Waals surface area contributed by atoms with Crippen LogP contribution in [0.1, 0.15) is 0 Å². The van der Waals surface area contributed by atoms with Crippen molar-refractivity contribution in [3.63, 3.8) is 0 Å². The van der Waals surface area contributed by atoms with Gasteiger partial charge in [-0.3, -0.25) is 14.7 Å². The number of anilines is 1. The quantitative estimate of drug-likeness (QED) is 0.480. The molecule has 0 aliphatic carbocycles. The number of rotatable bonds is 7. The Morgan fingerprint density at radius 2 is 2.00 bits per heavy atom. The maximum atomic E-state index is 12.0. The van der Waals surface area contributed by atoms with Crippen LogP contribution in [0, 0.1) is 0 Å². The highest BCUT2D eigenvalue weighted by Crippen LogP contribution is 2.24. The largest absolute Gasteiger partial charge is 0.461 e. The number of furan rings is 1. The normalized spacial score (nSPS) is 10.4. The van der Waals surface area contributed by atoms with Gasteiger partial charge in [-0.25, -0.2) is 4.79 Å². The number of hydrogen-bond acceptors (Lipinski definition) is 6. The van der Waals surface area contributed by atoms with Crippen LogP contribution in [0.5, 0.6) is 0 Å². The van der Waals surface area contributed by atoms with Gasteiger partial charge in [-0.1, -0.05) is 36.0 Å². The molecule has 138 valence electrons. The molecule has 9 heteroatoms. The van der Waals surface area contributed by atoms with Crippen molar-refractivity contribution in [1.82, 2.24) is 20.1 Å². The standard InChI is InChI=1S/C18H17N5O3S/c1-2-10-23-16(14-9-6-11-26-14)21-22-18(23)27-12-15(24)20-17(25)19-13-7-4-3-5-8-13/h2-9,11H,1,10,12H2,(H2,19,20,24,25). The van der Waals surface area contributed by atoms with Crippen LogP contribution in [0.15, 0.2) is 71.0 Å². The van der Waals surface area contributed by atoms with E-state index >= 15 is 0 Å². The lowest BCUT2D eigenvalue weighted by Gasteiger charge is -2.07. The van der Waals surface area contributed by atoms with Crippen LogP contribution >= 0.6 is 11.8 Å². The first-order valence-corrected chi connectivity index (χ1v) is 9.02. The number of nitrogens with one attached hydrogen (secondary N) is 2. The van der Waals surface area contributed by atoms with Gasteiger partial charge in [0.25, 0.3) is 0 Å². The highest BCUT2D eigenvalue weighted by Gasteiger charge is 2.17. The number of hydrogen-bond donors (Lipinski definition) is 2. The van der Waals surface area contributed by atoms with Crippen LogP contribution in [-0.4, -0.2) is 32.5 Å². The third kappa shape index (κ3) is 4.85. The van der Waals surface area contributed by atoms with Crippen LogP contribution in [-0.2, 0) is 11.3 Å². The molecule has 0 aliphatic rings. The zero-order valence-corrected chi connectivity index (χ0v) is 15.1. The Morgan fingerprint density at radius 3 is 2.70 bits per heavy atom. The number of benzene rings is 1. The van der Waals surface area contributed by atoms with E-state index in [4.69, 9.17) is 4.42 Å². The summed E-state index contributed by atoms with van der Waals surface area (Å²) in [6.45, 7) is 4.18. The Bertz CT molecular complexity index is 922. The molecular weight excluding hydrogens is 366 g/mol. The van der Waals surface area contributed by atoms with Crippen LogP contribution in [0.25, 0.3) is 11.6 Å². The fraction of sp³-hybridized carbons (Fsp3) is 0.111. The molecule has 3 aromatic rings. The second-order valence-corrected chi connectivity index (χ2v) is 6.28. The third-order valence-corrected chi connectivity index (χ3v) is 4.35. The van der Waals surface area contributed by atoms with Crippen LogP contribution in [0.2, 0.25) is 0 Å². The van der Waals surface area contributed by atoms with Gasteiger partial charge in [0.1, 0.15) is 0 Å². The molecule has 3 rings (SSSR count). The lowest BCUT2D eigenvalue weighted by molar-refractivity contribution is -0.117. The number of urea groups is 1. The Labute approximate surface area is 159 Å². The molecule has 0 fully saturated rings. The van der Waals surface area contributed by atoms with E-state index in [0.717, 1.165) is 0 Å². The molecule has 8 nitrogen and oxygen atoms in total. The van der Waals surface area contributed by atoms with Gasteiger partial charge in [0.05, 0.1) is 12.0 Å². The molecule has 0 unspecified atom stereocenters. The van der Waals surface area contributed by atoms with Crippen molar-refractivity contribution >= 4 is 29.4 Å². The first-order chi connectivity index (χ1) is 13.2. The number of carbonyl (C=O) groups is 2. The number of aromatic nitrogens is 3. The van der Waals surface area contributed by atoms with Crippen molar-refractivity contribution in [2.75, 3.05) is 11.1 Å². The lowest BCUT2D eigenvalue weighted by Crippen LogP contribution is -2.35. The summed E-state index contributed by atoms with van der Waals surface area (Å²) in [6, 6.07) is 11.8. The van der Waals surface area contributed by atoms with E-state index in [2.05, 4.69) is 27.4 Å². The number of imide groups is 1. The van der Waals surface area contributed by atoms with Crippen molar-refractivity contribution in [3.8, 4) is 11.6 Å². The Kier molecular flexibility index (Phi) is 6.06. The summed E-state index contributed by atoms with van der Waals surface area (Å²) in [7, 11) is 0. The van der Waals surface area contributed by atoms with Crippen LogP contribution < -0.4 is 10.6 Å². The molecule has 2 aromatic heterocycles. The monoisotopic (exact) mass is 383 g/mol. The molecule has 3 amide bonds. The highest BCUT2D eigenvalue weighted by molar-refractivity contribution is 7.99. The molecule has 0 spiro atoms. The fourth-order valence-corrected chi connectivity index (χ4v) is 3.00. The second-order valence-electron chi connectivity index (χ2n) is 5.34. The molecule has 0 saturated carbocycles. The van der Waals surface area contributed by atoms with Gasteiger partial charge in [0.15, 0.2) is 10.9 Å². The predicted octanol–water partition coefficient (Wildman–Crippen LogP) is 3.16. The maximum Gasteiger partial charge on any atom is 0.325 e. The van der Waals surface area contributed by atoms with Gasteiger partial charge >= 0.3 is 6.03 Å². The SMILES string of the molecule is C=CCn1c(SCC(=O)NC(=O)Nc2ccccc2)nnc1-c1ccco1. The Balaban J connectivity index is 1.58. The van der Waals surface area contributed by atoms with E-state index in [0.29, 0.717) is 29.0 Å². The van der Waals surface area contributed by atoms with E-state index in [1.807, 2.05) is 6.07 Å². The molecule has 0 atom stereocenters. The van der Waals surface area contributed by atoms with Gasteiger partial charge in [0, 0.05) is 12.2 Å². The average Bonchev–Trinajstić information content (AvgIpc) is 3.31. The van der Waals surface area contributed by atoms with Gasteiger partial charge in [0.2, 0.25) is 11.7 Å². The number of carbonyl (C=O) groups excluding carboxylic acids is 2. The summed E-state index contributed by atoms with van der Waals surface area (Å²) in [5.41, 5.74) is 0.601. The van der Waals surface area contributed by atoms with Gasteiger partial charge in [-0.05, 0) is 24.3 Å². The number of amides is 3. The lowest BCUT2D eigenvalue weighted by atomic mass is 10.3. The number of nitrogens with zero attached hydrogens (tertiary/aromatic N) is 3. The summed E-state index contributed by atoms with van der Waals surface area (Å²) < 4.78 is 7.14. The number of para-hydroxylation sites is 1. The highest BCUT2D eigenvalue weighted by atomic mass is 32.2. The Hall–Kier alpha value is -3.33. The van der Waals surface area contributed by atoms with Crippen molar-refractivity contribution in [1.29, 1.82) is 0 Å². The minimum Gasteiger partial charge on any atom is -0.461 e. The molecule has 0 aliphatic heterocycles. The van der Waals surface area contributed by atoms with E-state index in [1.165, 1.54) is 11.8 Å². The van der Waals surface area contributed by atoms with Crippen molar-refractivity contribution in [2.45, 2.75) is 11.7 Å². The van der Waals surface area contributed by atoms with Crippen molar-refractivity contribution in [3.05, 3.63) is 61.4 Å². The Morgan fingerprint density at radius 1 is 1.19 bits per heavy atom. The smallest absolute Gasteiger partial charge is 0.325 e. The fourth-order valence-electron chi connectivity index (χ4n) is 2.25. The second kappa shape index (κ2) is 8.86. The van der Waals surface area contributed by atoms with E-state index in [1.54, 1.807) is 53.3 Å². The summed E-state index contributed by atoms with van der Waals surface area (Å²) in [4.78, 5) is 23.9. The van der Waals surface area contributed by atoms with E-state index in [9.17, 15) is 9.59 Å². The van der Waals surface area contributed by atoms with Gasteiger partial charge < -0.3 is 9.73 Å². The first kappa shape index (κ1) is 18.5. The molecular formula is C18H17N5O3S. The molecule has 0 saturated heterocycles. The van der Waals surface area contributed by atoms with Crippen LogP contribution in [0.3, 0.4) is 0 Å². The molecule has 1 aromatic carbocycles. The van der Waals surface area contributed by atoms with E-state index < -0.39 is 11.9 Å². The zero-order valence-electron chi connectivity index (χ0n) is 14.3. The number of allylic oxidation sites excluding steroid dienone is 1. The van der Waals surface area contributed by atoms with Crippen LogP contribution in [0.4, 0.5) is 10.5 Å². The van der Waals surface area contributed by atoms with Crippen molar-refractivity contribution in [2.24, 2.45) is 0 Å². The summed E-state index contributed by atoms with van der Waals surface area (Å²) >= 11 is 1.17. The van der Waals surface area contributed by atoms with Gasteiger partial charge in [-0.15, -0.1) is 16.8 Å². The third-order valence-electron chi connectivity index (χ3n) is 3.39. The van der Waals surface area contributed by atoms with Gasteiger partial charge in [-0.2, -0.15) is 0 Å². The van der Waals surface area contributed by atoms with Crippen molar-refractivity contribution < 1.29 is 14.0 Å². The molecule has 0 radical (unpaired) electrons. The molecule has 2 N–H and O–H groups in total. The van der Waals surface area contributed by atoms with E-state index in [-0.39, 0.29) is 5.75 Å². The first-order valence-electron chi connectivity index (χ1n) is 8.04. The summed E-state index contributed by atoms with van der Waals surface area (Å²) in [6.07, 6.45) is 3.25.